The largest absolute Gasteiger partial charge is 0.480 e. The number of carboxylic acid groups (broad SMARTS) is 1. The van der Waals surface area contributed by atoms with Gasteiger partial charge in [-0.25, -0.2) is 9.59 Å². The highest BCUT2D eigenvalue weighted by atomic mass is 16.4. The molecule has 2 amide bonds. The van der Waals surface area contributed by atoms with Crippen molar-refractivity contribution in [2.75, 3.05) is 19.7 Å². The van der Waals surface area contributed by atoms with E-state index in [4.69, 9.17) is 10.2 Å². The third-order valence-corrected chi connectivity index (χ3v) is 2.18. The minimum atomic E-state index is -1.13. The van der Waals surface area contributed by atoms with Gasteiger partial charge >= 0.3 is 12.0 Å². The number of amides is 2. The van der Waals surface area contributed by atoms with Crippen LogP contribution in [0.3, 0.4) is 0 Å². The molecule has 0 aromatic rings. The molecule has 0 rings (SSSR count). The molecule has 6 heteroatoms. The summed E-state index contributed by atoms with van der Waals surface area (Å²) in [6, 6.07) is -1.42. The van der Waals surface area contributed by atoms with E-state index in [0.717, 1.165) is 6.42 Å². The molecule has 16 heavy (non-hydrogen) atoms. The Hall–Kier alpha value is -1.30. The lowest BCUT2D eigenvalue weighted by Gasteiger charge is -2.23. The summed E-state index contributed by atoms with van der Waals surface area (Å²) in [5.74, 6) is -1.13. The van der Waals surface area contributed by atoms with Crippen LogP contribution in [0.5, 0.6) is 0 Å². The number of carboxylic acids is 1. The number of aliphatic carboxylic acids is 1. The van der Waals surface area contributed by atoms with Crippen LogP contribution in [0.15, 0.2) is 0 Å². The van der Waals surface area contributed by atoms with Gasteiger partial charge in [0.15, 0.2) is 0 Å². The first-order valence-corrected chi connectivity index (χ1v) is 5.45. The summed E-state index contributed by atoms with van der Waals surface area (Å²) in [5.41, 5.74) is 0. The highest BCUT2D eigenvalue weighted by Crippen LogP contribution is 1.97. The van der Waals surface area contributed by atoms with E-state index in [1.165, 1.54) is 4.90 Å². The summed E-state index contributed by atoms with van der Waals surface area (Å²) in [6.07, 6.45) is 0.837. The molecule has 0 aliphatic heterocycles. The third kappa shape index (κ3) is 4.97. The third-order valence-electron chi connectivity index (χ3n) is 2.18. The molecule has 1 atom stereocenters. The zero-order valence-electron chi connectivity index (χ0n) is 9.77. The Kier molecular flexibility index (Phi) is 7.28. The average molecular weight is 232 g/mol. The van der Waals surface area contributed by atoms with Crippen LogP contribution in [-0.4, -0.2) is 52.9 Å². The molecule has 0 spiro atoms. The SMILES string of the molecule is CCCN(CC)C(=O)N[C@@H](CCO)C(=O)O. The highest BCUT2D eigenvalue weighted by molar-refractivity contribution is 5.82. The summed E-state index contributed by atoms with van der Waals surface area (Å²) in [5, 5.41) is 19.8. The second-order valence-electron chi connectivity index (χ2n) is 3.43. The Morgan fingerprint density at radius 3 is 2.38 bits per heavy atom. The van der Waals surface area contributed by atoms with Crippen molar-refractivity contribution in [3.8, 4) is 0 Å². The zero-order valence-corrected chi connectivity index (χ0v) is 9.77. The smallest absolute Gasteiger partial charge is 0.326 e. The van der Waals surface area contributed by atoms with Gasteiger partial charge in [-0.1, -0.05) is 6.92 Å². The second-order valence-corrected chi connectivity index (χ2v) is 3.43. The fourth-order valence-corrected chi connectivity index (χ4v) is 1.30. The van der Waals surface area contributed by atoms with Crippen molar-refractivity contribution < 1.29 is 19.8 Å². The molecule has 0 bridgehead atoms. The minimum Gasteiger partial charge on any atom is -0.480 e. The summed E-state index contributed by atoms with van der Waals surface area (Å²) in [6.45, 7) is 4.63. The first-order valence-electron chi connectivity index (χ1n) is 5.45. The number of carbonyl (C=O) groups is 2. The predicted molar refractivity (Wildman–Crippen MR) is 59.2 cm³/mol. The monoisotopic (exact) mass is 232 g/mol. The predicted octanol–water partition coefficient (Wildman–Crippen LogP) is 0.263. The van der Waals surface area contributed by atoms with Gasteiger partial charge in [-0.15, -0.1) is 0 Å². The van der Waals surface area contributed by atoms with Gasteiger partial charge in [-0.2, -0.15) is 0 Å². The summed E-state index contributed by atoms with van der Waals surface area (Å²) in [7, 11) is 0. The van der Waals surface area contributed by atoms with Gasteiger partial charge < -0.3 is 20.4 Å². The Labute approximate surface area is 95.2 Å². The molecular weight excluding hydrogens is 212 g/mol. The number of aliphatic hydroxyl groups excluding tert-OH is 1. The number of carbonyl (C=O) groups excluding carboxylic acids is 1. The van der Waals surface area contributed by atoms with Gasteiger partial charge in [0.1, 0.15) is 6.04 Å². The van der Waals surface area contributed by atoms with E-state index >= 15 is 0 Å². The van der Waals surface area contributed by atoms with Gasteiger partial charge in [-0.05, 0) is 13.3 Å². The van der Waals surface area contributed by atoms with E-state index in [0.29, 0.717) is 13.1 Å². The second kappa shape index (κ2) is 7.92. The Bertz CT molecular complexity index is 233. The molecule has 0 aliphatic carbocycles. The maximum absolute atomic E-state index is 11.6. The molecular formula is C10H20N2O4. The molecule has 0 heterocycles. The van der Waals surface area contributed by atoms with E-state index in [1.54, 1.807) is 0 Å². The van der Waals surface area contributed by atoms with Crippen LogP contribution in [-0.2, 0) is 4.79 Å². The van der Waals surface area contributed by atoms with Crippen LogP contribution in [0.1, 0.15) is 26.7 Å². The molecule has 0 fully saturated rings. The standard InChI is InChI=1S/C10H20N2O4/c1-3-6-12(4-2)10(16)11-8(5-7-13)9(14)15/h8,13H,3-7H2,1-2H3,(H,11,16)(H,14,15)/t8-/m0/s1. The molecule has 0 radical (unpaired) electrons. The van der Waals surface area contributed by atoms with E-state index in [-0.39, 0.29) is 13.0 Å². The molecule has 0 aromatic heterocycles. The summed E-state index contributed by atoms with van der Waals surface area (Å²) in [4.78, 5) is 23.9. The first-order chi connectivity index (χ1) is 7.56. The molecule has 0 aromatic carbocycles. The van der Waals surface area contributed by atoms with Crippen LogP contribution < -0.4 is 5.32 Å². The van der Waals surface area contributed by atoms with E-state index in [2.05, 4.69) is 5.32 Å². The highest BCUT2D eigenvalue weighted by Gasteiger charge is 2.21. The van der Waals surface area contributed by atoms with E-state index in [1.807, 2.05) is 13.8 Å². The fourth-order valence-electron chi connectivity index (χ4n) is 1.30. The van der Waals surface area contributed by atoms with Crippen molar-refractivity contribution in [1.29, 1.82) is 0 Å². The van der Waals surface area contributed by atoms with Crippen molar-refractivity contribution in [3.63, 3.8) is 0 Å². The molecule has 0 saturated carbocycles. The molecule has 0 aliphatic rings. The normalized spacial score (nSPS) is 11.9. The molecule has 3 N–H and O–H groups in total. The van der Waals surface area contributed by atoms with Crippen LogP contribution in [0, 0.1) is 0 Å². The van der Waals surface area contributed by atoms with Gasteiger partial charge in [0.05, 0.1) is 0 Å². The Morgan fingerprint density at radius 1 is 1.38 bits per heavy atom. The van der Waals surface area contributed by atoms with Crippen molar-refractivity contribution in [1.82, 2.24) is 10.2 Å². The summed E-state index contributed by atoms with van der Waals surface area (Å²) >= 11 is 0. The molecule has 0 saturated heterocycles. The summed E-state index contributed by atoms with van der Waals surface area (Å²) < 4.78 is 0. The van der Waals surface area contributed by atoms with Crippen molar-refractivity contribution in [2.24, 2.45) is 0 Å². The lowest BCUT2D eigenvalue weighted by molar-refractivity contribution is -0.139. The molecule has 0 unspecified atom stereocenters. The van der Waals surface area contributed by atoms with Crippen LogP contribution in [0.25, 0.3) is 0 Å². The number of rotatable bonds is 7. The Morgan fingerprint density at radius 2 is 2.00 bits per heavy atom. The number of nitrogens with one attached hydrogen (secondary N) is 1. The quantitative estimate of drug-likeness (QED) is 0.587. The zero-order chi connectivity index (χ0) is 12.6. The molecule has 6 nitrogen and oxygen atoms in total. The van der Waals surface area contributed by atoms with Crippen molar-refractivity contribution >= 4 is 12.0 Å². The van der Waals surface area contributed by atoms with Crippen molar-refractivity contribution in [2.45, 2.75) is 32.7 Å². The van der Waals surface area contributed by atoms with Crippen molar-refractivity contribution in [3.05, 3.63) is 0 Å². The molecule has 94 valence electrons. The van der Waals surface area contributed by atoms with Gasteiger partial charge in [-0.3, -0.25) is 0 Å². The number of aliphatic hydroxyl groups is 1. The Balaban J connectivity index is 4.31. The minimum absolute atomic E-state index is 0.0186. The topological polar surface area (TPSA) is 89.9 Å². The van der Waals surface area contributed by atoms with Gasteiger partial charge in [0.25, 0.3) is 0 Å². The maximum atomic E-state index is 11.6. The van der Waals surface area contributed by atoms with Gasteiger partial charge in [0, 0.05) is 26.1 Å². The first kappa shape index (κ1) is 14.7. The lowest BCUT2D eigenvalue weighted by atomic mass is 10.2. The van der Waals surface area contributed by atoms with Gasteiger partial charge in [0.2, 0.25) is 0 Å². The number of hydrogen-bond donors (Lipinski definition) is 3. The number of hydrogen-bond acceptors (Lipinski definition) is 3. The van der Waals surface area contributed by atoms with Crippen LogP contribution in [0.4, 0.5) is 4.79 Å². The van der Waals surface area contributed by atoms with E-state index in [9.17, 15) is 9.59 Å². The number of nitrogens with zero attached hydrogens (tertiary/aromatic N) is 1. The lowest BCUT2D eigenvalue weighted by Crippen LogP contribution is -2.48. The van der Waals surface area contributed by atoms with Crippen LogP contribution >= 0.6 is 0 Å². The maximum Gasteiger partial charge on any atom is 0.326 e. The van der Waals surface area contributed by atoms with E-state index < -0.39 is 18.0 Å². The van der Waals surface area contributed by atoms with Crippen LogP contribution in [0.2, 0.25) is 0 Å². The fraction of sp³-hybridized carbons (Fsp3) is 0.800. The number of urea groups is 1. The average Bonchev–Trinajstić information content (AvgIpc) is 2.24.